The van der Waals surface area contributed by atoms with Crippen LogP contribution in [0.1, 0.15) is 29.7 Å². The Kier molecular flexibility index (Phi) is 4.40. The maximum Gasteiger partial charge on any atom is 0.131 e. The highest BCUT2D eigenvalue weighted by Gasteiger charge is 2.16. The molecule has 0 fully saturated rings. The first-order valence-corrected chi connectivity index (χ1v) is 6.73. The molecule has 0 aliphatic rings. The normalized spacial score (nSPS) is 12.2. The third-order valence-electron chi connectivity index (χ3n) is 3.53. The number of aliphatic hydroxyl groups is 1. The number of aliphatic hydroxyl groups excluding tert-OH is 1. The van der Waals surface area contributed by atoms with Gasteiger partial charge >= 0.3 is 0 Å². The minimum atomic E-state index is -0.828. The Bertz CT molecular complexity index is 595. The quantitative estimate of drug-likeness (QED) is 0.915. The van der Waals surface area contributed by atoms with E-state index in [0.717, 1.165) is 5.69 Å². The largest absolute Gasteiger partial charge is 0.389 e. The Balaban J connectivity index is 2.33. The average Bonchev–Trinajstić information content (AvgIpc) is 2.40. The summed E-state index contributed by atoms with van der Waals surface area (Å²) in [6, 6.07) is 13.0. The molecule has 2 nitrogen and oxygen atoms in total. The summed E-state index contributed by atoms with van der Waals surface area (Å²) in [6.07, 6.45) is -0.828. The fraction of sp³-hybridized carbons (Fsp3) is 0.294. The average molecular weight is 273 g/mol. The third-order valence-corrected chi connectivity index (χ3v) is 3.53. The molecule has 0 saturated heterocycles. The number of rotatable bonds is 4. The molecule has 0 aliphatic carbocycles. The summed E-state index contributed by atoms with van der Waals surface area (Å²) in [6.45, 7) is 4.32. The molecular weight excluding hydrogens is 253 g/mol. The van der Waals surface area contributed by atoms with Gasteiger partial charge in [-0.2, -0.15) is 0 Å². The molecule has 0 bridgehead atoms. The zero-order valence-corrected chi connectivity index (χ0v) is 12.1. The van der Waals surface area contributed by atoms with E-state index >= 15 is 0 Å². The van der Waals surface area contributed by atoms with Crippen molar-refractivity contribution in [1.29, 1.82) is 0 Å². The van der Waals surface area contributed by atoms with E-state index < -0.39 is 6.10 Å². The second-order valence-corrected chi connectivity index (χ2v) is 5.13. The number of hydrogen-bond acceptors (Lipinski definition) is 2. The van der Waals surface area contributed by atoms with Crippen LogP contribution in [0, 0.1) is 12.7 Å². The summed E-state index contributed by atoms with van der Waals surface area (Å²) in [5.74, 6) is -0.367. The highest BCUT2D eigenvalue weighted by molar-refractivity contribution is 5.55. The molecule has 3 heteroatoms. The van der Waals surface area contributed by atoms with Gasteiger partial charge in [-0.1, -0.05) is 30.3 Å². The minimum Gasteiger partial charge on any atom is -0.389 e. The Morgan fingerprint density at radius 3 is 2.50 bits per heavy atom. The summed E-state index contributed by atoms with van der Waals surface area (Å²) in [5, 5.41) is 9.79. The van der Waals surface area contributed by atoms with Crippen LogP contribution in [0.25, 0.3) is 0 Å². The Labute approximate surface area is 119 Å². The van der Waals surface area contributed by atoms with Gasteiger partial charge in [0.25, 0.3) is 0 Å². The molecule has 0 radical (unpaired) electrons. The Morgan fingerprint density at radius 1 is 1.15 bits per heavy atom. The van der Waals surface area contributed by atoms with Gasteiger partial charge in [-0.05, 0) is 37.1 Å². The summed E-state index contributed by atoms with van der Waals surface area (Å²) < 4.78 is 13.9. The van der Waals surface area contributed by atoms with Crippen molar-refractivity contribution >= 4 is 5.69 Å². The number of benzene rings is 2. The molecule has 106 valence electrons. The Morgan fingerprint density at radius 2 is 1.85 bits per heavy atom. The molecule has 2 rings (SSSR count). The van der Waals surface area contributed by atoms with E-state index in [9.17, 15) is 9.50 Å². The van der Waals surface area contributed by atoms with Gasteiger partial charge in [-0.15, -0.1) is 0 Å². The second kappa shape index (κ2) is 6.06. The van der Waals surface area contributed by atoms with E-state index in [1.807, 2.05) is 30.1 Å². The van der Waals surface area contributed by atoms with Crippen LogP contribution in [0.2, 0.25) is 0 Å². The molecule has 0 heterocycles. The molecule has 2 aromatic rings. The molecule has 20 heavy (non-hydrogen) atoms. The number of halogens is 1. The highest BCUT2D eigenvalue weighted by atomic mass is 19.1. The van der Waals surface area contributed by atoms with Crippen LogP contribution in [-0.2, 0) is 6.54 Å². The Hall–Kier alpha value is -1.87. The van der Waals surface area contributed by atoms with Crippen molar-refractivity contribution in [3.63, 3.8) is 0 Å². The first-order valence-electron chi connectivity index (χ1n) is 6.73. The lowest BCUT2D eigenvalue weighted by Gasteiger charge is -2.24. The van der Waals surface area contributed by atoms with Crippen LogP contribution < -0.4 is 4.90 Å². The highest BCUT2D eigenvalue weighted by Crippen LogP contribution is 2.29. The van der Waals surface area contributed by atoms with Crippen molar-refractivity contribution in [2.75, 3.05) is 11.9 Å². The van der Waals surface area contributed by atoms with Gasteiger partial charge in [0.05, 0.1) is 6.10 Å². The van der Waals surface area contributed by atoms with E-state index in [4.69, 9.17) is 0 Å². The van der Waals surface area contributed by atoms with Gasteiger partial charge in [0.1, 0.15) is 5.82 Å². The van der Waals surface area contributed by atoms with Crippen molar-refractivity contribution < 1.29 is 9.50 Å². The summed E-state index contributed by atoms with van der Waals surface area (Å²) >= 11 is 0. The van der Waals surface area contributed by atoms with E-state index in [1.54, 1.807) is 13.0 Å². The molecule has 0 aliphatic heterocycles. The third kappa shape index (κ3) is 2.99. The molecule has 0 amide bonds. The smallest absolute Gasteiger partial charge is 0.131 e. The predicted octanol–water partition coefficient (Wildman–Crippen LogP) is 3.82. The predicted molar refractivity (Wildman–Crippen MR) is 80.3 cm³/mol. The number of aryl methyl sites for hydroxylation is 1. The zero-order chi connectivity index (χ0) is 14.7. The summed E-state index contributed by atoms with van der Waals surface area (Å²) in [4.78, 5) is 1.97. The van der Waals surface area contributed by atoms with Crippen molar-refractivity contribution in [2.24, 2.45) is 0 Å². The lowest BCUT2D eigenvalue weighted by atomic mass is 10.0. The van der Waals surface area contributed by atoms with Crippen LogP contribution in [-0.4, -0.2) is 12.2 Å². The molecule has 0 spiro atoms. The lowest BCUT2D eigenvalue weighted by Crippen LogP contribution is -2.20. The van der Waals surface area contributed by atoms with Gasteiger partial charge in [-0.3, -0.25) is 0 Å². The van der Waals surface area contributed by atoms with Gasteiger partial charge < -0.3 is 10.0 Å². The first-order chi connectivity index (χ1) is 9.50. The van der Waals surface area contributed by atoms with Gasteiger partial charge in [0.2, 0.25) is 0 Å². The van der Waals surface area contributed by atoms with Crippen molar-refractivity contribution in [3.05, 3.63) is 65.0 Å². The van der Waals surface area contributed by atoms with Crippen LogP contribution in [0.3, 0.4) is 0 Å². The van der Waals surface area contributed by atoms with Crippen molar-refractivity contribution in [2.45, 2.75) is 26.5 Å². The summed E-state index contributed by atoms with van der Waals surface area (Å²) in [7, 11) is 1.91. The molecule has 1 N–H and O–H groups in total. The fourth-order valence-corrected chi connectivity index (χ4v) is 2.40. The van der Waals surface area contributed by atoms with Gasteiger partial charge in [0, 0.05) is 24.8 Å². The van der Waals surface area contributed by atoms with Gasteiger partial charge in [0.15, 0.2) is 0 Å². The summed E-state index contributed by atoms with van der Waals surface area (Å²) in [5.41, 5.74) is 3.47. The maximum atomic E-state index is 13.9. The fourth-order valence-electron chi connectivity index (χ4n) is 2.40. The van der Waals surface area contributed by atoms with Crippen LogP contribution in [0.5, 0.6) is 0 Å². The van der Waals surface area contributed by atoms with Crippen LogP contribution in [0.15, 0.2) is 42.5 Å². The van der Waals surface area contributed by atoms with Crippen molar-refractivity contribution in [1.82, 2.24) is 0 Å². The molecule has 0 unspecified atom stereocenters. The number of nitrogens with zero attached hydrogens (tertiary/aromatic N) is 1. The van der Waals surface area contributed by atoms with E-state index in [0.29, 0.717) is 12.1 Å². The van der Waals surface area contributed by atoms with E-state index in [-0.39, 0.29) is 5.82 Å². The lowest BCUT2D eigenvalue weighted by molar-refractivity contribution is 0.194. The van der Waals surface area contributed by atoms with Crippen LogP contribution >= 0.6 is 0 Å². The SMILES string of the molecule is Cc1ccccc1CN(C)c1cccc(F)c1[C@@H](C)O. The zero-order valence-electron chi connectivity index (χ0n) is 12.1. The standard InChI is InChI=1S/C17H20FNO/c1-12-7-4-5-8-14(12)11-19(3)16-10-6-9-15(18)17(16)13(2)20/h4-10,13,20H,11H2,1-3H3/t13-/m1/s1. The minimum absolute atomic E-state index is 0.351. The molecule has 0 aromatic heterocycles. The van der Waals surface area contributed by atoms with Gasteiger partial charge in [-0.25, -0.2) is 4.39 Å². The maximum absolute atomic E-state index is 13.9. The monoisotopic (exact) mass is 273 g/mol. The van der Waals surface area contributed by atoms with Crippen molar-refractivity contribution in [3.8, 4) is 0 Å². The molecule has 0 saturated carbocycles. The first kappa shape index (κ1) is 14.5. The number of hydrogen-bond donors (Lipinski definition) is 1. The van der Waals surface area contributed by atoms with E-state index in [2.05, 4.69) is 19.1 Å². The molecular formula is C17H20FNO. The molecule has 1 atom stereocenters. The van der Waals surface area contributed by atoms with Crippen LogP contribution in [0.4, 0.5) is 10.1 Å². The number of anilines is 1. The second-order valence-electron chi connectivity index (χ2n) is 5.13. The molecule has 2 aromatic carbocycles. The van der Waals surface area contributed by atoms with E-state index in [1.165, 1.54) is 17.2 Å². The topological polar surface area (TPSA) is 23.5 Å².